The predicted octanol–water partition coefficient (Wildman–Crippen LogP) is 0.255. The first-order valence-corrected chi connectivity index (χ1v) is 4.37. The maximum Gasteiger partial charge on any atom is 0.245 e. The van der Waals surface area contributed by atoms with Gasteiger partial charge in [-0.15, -0.1) is 0 Å². The molecule has 0 aliphatic rings. The van der Waals surface area contributed by atoms with E-state index in [4.69, 9.17) is 10.6 Å². The maximum atomic E-state index is 10.2. The fraction of sp³-hybridized carbons (Fsp3) is 0.286. The van der Waals surface area contributed by atoms with Gasteiger partial charge < -0.3 is 5.73 Å². The van der Waals surface area contributed by atoms with Gasteiger partial charge in [-0.05, 0) is 22.4 Å². The van der Waals surface area contributed by atoms with Crippen LogP contribution in [0.5, 0.6) is 0 Å². The summed E-state index contributed by atoms with van der Waals surface area (Å²) in [5.74, 6) is -0.479. The van der Waals surface area contributed by atoms with Gasteiger partial charge in [0.05, 0.1) is 0 Å². The highest BCUT2D eigenvalue weighted by atomic mass is 32.1. The van der Waals surface area contributed by atoms with Crippen LogP contribution < -0.4 is 11.2 Å². The fourth-order valence-electron chi connectivity index (χ4n) is 0.650. The molecule has 1 rings (SSSR count). The van der Waals surface area contributed by atoms with Crippen LogP contribution in [0.4, 0.5) is 0 Å². The van der Waals surface area contributed by atoms with Gasteiger partial charge in [0, 0.05) is 6.54 Å². The summed E-state index contributed by atoms with van der Waals surface area (Å²) in [5.41, 5.74) is 8.60. The van der Waals surface area contributed by atoms with Crippen LogP contribution in [0.25, 0.3) is 0 Å². The van der Waals surface area contributed by atoms with Crippen molar-refractivity contribution in [2.75, 3.05) is 6.61 Å². The van der Waals surface area contributed by atoms with Crippen LogP contribution in [0.15, 0.2) is 16.8 Å². The summed E-state index contributed by atoms with van der Waals surface area (Å²) < 4.78 is 0. The third-order valence-electron chi connectivity index (χ3n) is 1.17. The zero-order valence-electron chi connectivity index (χ0n) is 6.45. The van der Waals surface area contributed by atoms with E-state index in [1.807, 2.05) is 16.8 Å². The maximum absolute atomic E-state index is 10.2. The number of hydroxylamine groups is 1. The molecule has 0 spiro atoms. The Morgan fingerprint density at radius 1 is 1.75 bits per heavy atom. The Labute approximate surface area is 74.3 Å². The third kappa shape index (κ3) is 3.47. The largest absolute Gasteiger partial charge is 0.368 e. The van der Waals surface area contributed by atoms with Crippen molar-refractivity contribution >= 4 is 17.2 Å². The van der Waals surface area contributed by atoms with Gasteiger partial charge in [-0.25, -0.2) is 0 Å². The number of nitrogens with two attached hydrogens (primary N) is 1. The number of amides is 1. The van der Waals surface area contributed by atoms with Gasteiger partial charge in [0.1, 0.15) is 6.61 Å². The second kappa shape index (κ2) is 4.87. The Balaban J connectivity index is 2.07. The Hall–Kier alpha value is -0.910. The average molecular weight is 186 g/mol. The van der Waals surface area contributed by atoms with E-state index >= 15 is 0 Å². The molecule has 0 radical (unpaired) electrons. The van der Waals surface area contributed by atoms with Gasteiger partial charge in [0.15, 0.2) is 0 Å². The van der Waals surface area contributed by atoms with Crippen molar-refractivity contribution in [1.29, 1.82) is 0 Å². The first-order valence-electron chi connectivity index (χ1n) is 3.43. The second-order valence-corrected chi connectivity index (χ2v) is 2.99. The number of thiophene rings is 1. The minimum absolute atomic E-state index is 0.0931. The zero-order valence-corrected chi connectivity index (χ0v) is 7.26. The van der Waals surface area contributed by atoms with Crippen LogP contribution in [-0.2, 0) is 16.2 Å². The lowest BCUT2D eigenvalue weighted by Gasteiger charge is -2.00. The monoisotopic (exact) mass is 186 g/mol. The molecule has 0 aromatic carbocycles. The minimum Gasteiger partial charge on any atom is -0.368 e. The molecule has 3 N–H and O–H groups in total. The summed E-state index contributed by atoms with van der Waals surface area (Å²) in [5, 5.41) is 3.98. The molecular weight excluding hydrogens is 176 g/mol. The third-order valence-corrected chi connectivity index (χ3v) is 1.90. The van der Waals surface area contributed by atoms with Gasteiger partial charge in [-0.1, -0.05) is 0 Å². The molecule has 1 heterocycles. The van der Waals surface area contributed by atoms with Gasteiger partial charge >= 0.3 is 0 Å². The molecule has 5 heteroatoms. The summed E-state index contributed by atoms with van der Waals surface area (Å²) in [6, 6.07) is 1.98. The number of nitrogens with one attached hydrogen (secondary N) is 1. The fourth-order valence-corrected chi connectivity index (χ4v) is 1.32. The van der Waals surface area contributed by atoms with E-state index in [9.17, 15) is 4.79 Å². The molecule has 0 fully saturated rings. The van der Waals surface area contributed by atoms with Crippen molar-refractivity contribution in [3.05, 3.63) is 22.4 Å². The van der Waals surface area contributed by atoms with E-state index in [2.05, 4.69) is 5.48 Å². The quantitative estimate of drug-likeness (QED) is 0.512. The van der Waals surface area contributed by atoms with Crippen LogP contribution >= 0.6 is 11.3 Å². The van der Waals surface area contributed by atoms with E-state index in [-0.39, 0.29) is 6.61 Å². The molecule has 0 aliphatic heterocycles. The van der Waals surface area contributed by atoms with Crippen molar-refractivity contribution in [2.24, 2.45) is 5.73 Å². The highest BCUT2D eigenvalue weighted by Gasteiger charge is 1.94. The molecular formula is C7H10N2O2S. The van der Waals surface area contributed by atoms with E-state index in [1.54, 1.807) is 11.3 Å². The summed E-state index contributed by atoms with van der Waals surface area (Å²) in [7, 11) is 0. The zero-order chi connectivity index (χ0) is 8.81. The molecule has 0 atom stereocenters. The minimum atomic E-state index is -0.479. The highest BCUT2D eigenvalue weighted by Crippen LogP contribution is 2.04. The van der Waals surface area contributed by atoms with Crippen LogP contribution in [0.2, 0.25) is 0 Å². The van der Waals surface area contributed by atoms with Crippen LogP contribution in [0, 0.1) is 0 Å². The molecule has 0 saturated heterocycles. The molecule has 12 heavy (non-hydrogen) atoms. The predicted molar refractivity (Wildman–Crippen MR) is 46.3 cm³/mol. The molecule has 0 aliphatic carbocycles. The van der Waals surface area contributed by atoms with Gasteiger partial charge in [-0.3, -0.25) is 9.63 Å². The van der Waals surface area contributed by atoms with Crippen LogP contribution in [0.1, 0.15) is 5.56 Å². The molecule has 1 aromatic rings. The standard InChI is InChI=1S/C7H10N2O2S/c8-7(10)4-11-9-3-6-1-2-12-5-6/h1-2,5,9H,3-4H2,(H2,8,10). The van der Waals surface area contributed by atoms with Crippen LogP contribution in [-0.4, -0.2) is 12.5 Å². The lowest BCUT2D eigenvalue weighted by Crippen LogP contribution is -2.24. The molecule has 4 nitrogen and oxygen atoms in total. The Morgan fingerprint density at radius 2 is 2.58 bits per heavy atom. The summed E-state index contributed by atoms with van der Waals surface area (Å²) >= 11 is 1.62. The van der Waals surface area contributed by atoms with E-state index in [1.165, 1.54) is 0 Å². The van der Waals surface area contributed by atoms with Crippen LogP contribution in [0.3, 0.4) is 0 Å². The number of carbonyl (C=O) groups excluding carboxylic acids is 1. The summed E-state index contributed by atoms with van der Waals surface area (Å²) in [6.45, 7) is 0.501. The molecule has 66 valence electrons. The first-order chi connectivity index (χ1) is 5.79. The first kappa shape index (κ1) is 9.18. The van der Waals surface area contributed by atoms with Gasteiger partial charge in [-0.2, -0.15) is 16.8 Å². The van der Waals surface area contributed by atoms with Gasteiger partial charge in [0.25, 0.3) is 0 Å². The molecule has 1 aromatic heterocycles. The topological polar surface area (TPSA) is 64.4 Å². The lowest BCUT2D eigenvalue weighted by atomic mass is 10.4. The molecule has 0 bridgehead atoms. The number of carbonyl (C=O) groups is 1. The highest BCUT2D eigenvalue weighted by molar-refractivity contribution is 7.07. The smallest absolute Gasteiger partial charge is 0.245 e. The number of hydrogen-bond donors (Lipinski definition) is 2. The van der Waals surface area contributed by atoms with Crippen molar-refractivity contribution in [2.45, 2.75) is 6.54 Å². The lowest BCUT2D eigenvalue weighted by molar-refractivity contribution is -0.125. The number of rotatable bonds is 5. The Bertz CT molecular complexity index is 236. The van der Waals surface area contributed by atoms with E-state index in [0.29, 0.717) is 6.54 Å². The molecule has 0 saturated carbocycles. The summed E-state index contributed by atoms with van der Waals surface area (Å²) in [6.07, 6.45) is 0. The average Bonchev–Trinajstić information content (AvgIpc) is 2.49. The molecule has 1 amide bonds. The van der Waals surface area contributed by atoms with Crippen molar-refractivity contribution in [3.8, 4) is 0 Å². The van der Waals surface area contributed by atoms with Crippen molar-refractivity contribution in [3.63, 3.8) is 0 Å². The number of primary amides is 1. The van der Waals surface area contributed by atoms with E-state index < -0.39 is 5.91 Å². The SMILES string of the molecule is NC(=O)CONCc1ccsc1. The Morgan fingerprint density at radius 3 is 3.17 bits per heavy atom. The normalized spacial score (nSPS) is 10.0. The van der Waals surface area contributed by atoms with Crippen molar-refractivity contribution < 1.29 is 9.63 Å². The summed E-state index contributed by atoms with van der Waals surface area (Å²) in [4.78, 5) is 15.0. The molecule has 0 unspecified atom stereocenters. The van der Waals surface area contributed by atoms with Crippen molar-refractivity contribution in [1.82, 2.24) is 5.48 Å². The Kier molecular flexibility index (Phi) is 3.72. The second-order valence-electron chi connectivity index (χ2n) is 2.21. The van der Waals surface area contributed by atoms with E-state index in [0.717, 1.165) is 5.56 Å². The van der Waals surface area contributed by atoms with Gasteiger partial charge in [0.2, 0.25) is 5.91 Å². The number of hydrogen-bond acceptors (Lipinski definition) is 4.